The van der Waals surface area contributed by atoms with Gasteiger partial charge < -0.3 is 11.1 Å². The maximum Gasteiger partial charge on any atom is 0.0374 e. The zero-order valence-electron chi connectivity index (χ0n) is 8.87. The van der Waals surface area contributed by atoms with Crippen LogP contribution in [0.1, 0.15) is 30.0 Å². The lowest BCUT2D eigenvalue weighted by atomic mass is 9.74. The van der Waals surface area contributed by atoms with E-state index < -0.39 is 0 Å². The summed E-state index contributed by atoms with van der Waals surface area (Å²) >= 11 is 0. The van der Waals surface area contributed by atoms with Gasteiger partial charge in [0, 0.05) is 18.4 Å². The maximum absolute atomic E-state index is 6.39. The van der Waals surface area contributed by atoms with Crippen molar-refractivity contribution >= 4 is 0 Å². The molecule has 0 amide bonds. The first kappa shape index (κ1) is 9.31. The molecule has 1 fully saturated rings. The van der Waals surface area contributed by atoms with E-state index in [2.05, 4.69) is 16.4 Å². The van der Waals surface area contributed by atoms with Crippen molar-refractivity contribution in [1.29, 1.82) is 0 Å². The lowest BCUT2D eigenvalue weighted by Crippen LogP contribution is -2.42. The summed E-state index contributed by atoms with van der Waals surface area (Å²) in [7, 11) is 0. The van der Waals surface area contributed by atoms with E-state index in [0.29, 0.717) is 5.41 Å². The van der Waals surface area contributed by atoms with Crippen LogP contribution in [0, 0.1) is 5.41 Å². The minimum Gasteiger partial charge on any atom is -0.323 e. The molecule has 1 unspecified atom stereocenters. The molecule has 1 aromatic heterocycles. The van der Waals surface area contributed by atoms with E-state index in [1.807, 2.05) is 12.4 Å². The van der Waals surface area contributed by atoms with Gasteiger partial charge in [0.1, 0.15) is 0 Å². The molecule has 2 heterocycles. The van der Waals surface area contributed by atoms with Crippen LogP contribution in [-0.4, -0.2) is 18.1 Å². The Bertz CT molecular complexity index is 369. The first-order valence-electron chi connectivity index (χ1n) is 5.71. The van der Waals surface area contributed by atoms with Crippen molar-refractivity contribution in [3.63, 3.8) is 0 Å². The van der Waals surface area contributed by atoms with Gasteiger partial charge in [-0.25, -0.2) is 0 Å². The molecule has 1 saturated heterocycles. The highest BCUT2D eigenvalue weighted by atomic mass is 14.9. The van der Waals surface area contributed by atoms with E-state index >= 15 is 0 Å². The summed E-state index contributed by atoms with van der Waals surface area (Å²) in [5.74, 6) is 0. The highest BCUT2D eigenvalue weighted by Gasteiger charge is 2.44. The SMILES string of the molecule is NC1c2cnccc2CC12CCNCC2. The van der Waals surface area contributed by atoms with Gasteiger partial charge in [-0.15, -0.1) is 0 Å². The Balaban J connectivity index is 1.98. The number of rotatable bonds is 0. The van der Waals surface area contributed by atoms with Gasteiger partial charge in [-0.1, -0.05) is 0 Å². The molecule has 0 aromatic carbocycles. The first-order chi connectivity index (χ1) is 7.32. The fourth-order valence-corrected chi connectivity index (χ4v) is 3.11. The van der Waals surface area contributed by atoms with Crippen molar-refractivity contribution in [3.05, 3.63) is 29.6 Å². The van der Waals surface area contributed by atoms with E-state index in [1.165, 1.54) is 24.0 Å². The Hall–Kier alpha value is -0.930. The van der Waals surface area contributed by atoms with Crippen molar-refractivity contribution in [2.24, 2.45) is 11.1 Å². The van der Waals surface area contributed by atoms with Crippen LogP contribution in [0.25, 0.3) is 0 Å². The van der Waals surface area contributed by atoms with Crippen LogP contribution >= 0.6 is 0 Å². The largest absolute Gasteiger partial charge is 0.323 e. The molecule has 1 aliphatic carbocycles. The highest BCUT2D eigenvalue weighted by Crippen LogP contribution is 2.49. The van der Waals surface area contributed by atoms with Gasteiger partial charge in [0.2, 0.25) is 0 Å². The Morgan fingerprint density at radius 2 is 2.20 bits per heavy atom. The minimum absolute atomic E-state index is 0.197. The van der Waals surface area contributed by atoms with Crippen molar-refractivity contribution in [2.45, 2.75) is 25.3 Å². The lowest BCUT2D eigenvalue weighted by molar-refractivity contribution is 0.174. The van der Waals surface area contributed by atoms with Crippen LogP contribution in [0.5, 0.6) is 0 Å². The van der Waals surface area contributed by atoms with Crippen LogP contribution in [0.4, 0.5) is 0 Å². The van der Waals surface area contributed by atoms with Gasteiger partial charge >= 0.3 is 0 Å². The van der Waals surface area contributed by atoms with E-state index in [0.717, 1.165) is 19.5 Å². The summed E-state index contributed by atoms with van der Waals surface area (Å²) < 4.78 is 0. The van der Waals surface area contributed by atoms with Crippen LogP contribution in [-0.2, 0) is 6.42 Å². The molecule has 1 spiro atoms. The van der Waals surface area contributed by atoms with E-state index in [4.69, 9.17) is 5.73 Å². The van der Waals surface area contributed by atoms with Crippen molar-refractivity contribution in [2.75, 3.05) is 13.1 Å². The second-order valence-electron chi connectivity index (χ2n) is 4.84. The van der Waals surface area contributed by atoms with Crippen LogP contribution < -0.4 is 11.1 Å². The molecule has 0 bridgehead atoms. The van der Waals surface area contributed by atoms with Gasteiger partial charge in [0.05, 0.1) is 0 Å². The lowest BCUT2D eigenvalue weighted by Gasteiger charge is -2.37. The summed E-state index contributed by atoms with van der Waals surface area (Å²) in [6.07, 6.45) is 7.38. The number of aromatic nitrogens is 1. The molecule has 1 aromatic rings. The fourth-order valence-electron chi connectivity index (χ4n) is 3.11. The molecule has 0 saturated carbocycles. The van der Waals surface area contributed by atoms with Crippen molar-refractivity contribution in [1.82, 2.24) is 10.3 Å². The number of nitrogens with one attached hydrogen (secondary N) is 1. The number of hydrogen-bond donors (Lipinski definition) is 2. The van der Waals surface area contributed by atoms with Gasteiger partial charge in [-0.3, -0.25) is 4.98 Å². The molecule has 3 N–H and O–H groups in total. The summed E-state index contributed by atoms with van der Waals surface area (Å²) in [6, 6.07) is 2.33. The highest BCUT2D eigenvalue weighted by molar-refractivity contribution is 5.35. The Labute approximate surface area is 90.1 Å². The van der Waals surface area contributed by atoms with Gasteiger partial charge in [-0.2, -0.15) is 0 Å². The van der Waals surface area contributed by atoms with Crippen molar-refractivity contribution < 1.29 is 0 Å². The molecule has 15 heavy (non-hydrogen) atoms. The Morgan fingerprint density at radius 3 is 2.93 bits per heavy atom. The summed E-state index contributed by atoms with van der Waals surface area (Å²) in [4.78, 5) is 4.19. The zero-order chi connectivity index (χ0) is 10.3. The second kappa shape index (κ2) is 3.29. The molecule has 1 aliphatic heterocycles. The normalized spacial score (nSPS) is 27.9. The van der Waals surface area contributed by atoms with E-state index in [1.54, 1.807) is 0 Å². The van der Waals surface area contributed by atoms with E-state index in [9.17, 15) is 0 Å². The number of fused-ring (bicyclic) bond motifs is 1. The van der Waals surface area contributed by atoms with Gasteiger partial charge in [-0.05, 0) is 55.0 Å². The molecule has 1 atom stereocenters. The topological polar surface area (TPSA) is 50.9 Å². The van der Waals surface area contributed by atoms with Crippen LogP contribution in [0.3, 0.4) is 0 Å². The second-order valence-corrected chi connectivity index (χ2v) is 4.84. The predicted molar refractivity (Wildman–Crippen MR) is 59.4 cm³/mol. The molecule has 3 rings (SSSR count). The fraction of sp³-hybridized carbons (Fsp3) is 0.583. The minimum atomic E-state index is 0.197. The smallest absolute Gasteiger partial charge is 0.0374 e. The molecule has 3 nitrogen and oxygen atoms in total. The average Bonchev–Trinajstić information content (AvgIpc) is 2.54. The summed E-state index contributed by atoms with van der Waals surface area (Å²) in [6.45, 7) is 2.21. The number of hydrogen-bond acceptors (Lipinski definition) is 3. The molecular weight excluding hydrogens is 186 g/mol. The molecule has 2 aliphatic rings. The first-order valence-corrected chi connectivity index (χ1v) is 5.71. The molecule has 0 radical (unpaired) electrons. The number of nitrogens with two attached hydrogens (primary N) is 1. The Morgan fingerprint density at radius 1 is 1.40 bits per heavy atom. The maximum atomic E-state index is 6.39. The zero-order valence-corrected chi connectivity index (χ0v) is 8.87. The third kappa shape index (κ3) is 1.30. The van der Waals surface area contributed by atoms with Crippen LogP contribution in [0.2, 0.25) is 0 Å². The number of nitrogens with zero attached hydrogens (tertiary/aromatic N) is 1. The third-order valence-electron chi connectivity index (χ3n) is 4.08. The summed E-state index contributed by atoms with van der Waals surface area (Å²) in [5.41, 5.74) is 9.40. The van der Waals surface area contributed by atoms with Crippen molar-refractivity contribution in [3.8, 4) is 0 Å². The number of piperidine rings is 1. The monoisotopic (exact) mass is 203 g/mol. The predicted octanol–water partition coefficient (Wildman–Crippen LogP) is 1.01. The molecule has 80 valence electrons. The van der Waals surface area contributed by atoms with Gasteiger partial charge in [0.25, 0.3) is 0 Å². The molecular formula is C12H17N3. The standard InChI is InChI=1S/C12H17N3/c13-11-10-8-15-4-1-9(10)7-12(11)2-5-14-6-3-12/h1,4,8,11,14H,2-3,5-7,13H2. The average molecular weight is 203 g/mol. The Kier molecular flexibility index (Phi) is 2.04. The summed E-state index contributed by atoms with van der Waals surface area (Å²) in [5, 5.41) is 3.41. The number of pyridine rings is 1. The molecule has 3 heteroatoms. The van der Waals surface area contributed by atoms with Gasteiger partial charge in [0.15, 0.2) is 0 Å². The quantitative estimate of drug-likeness (QED) is 0.661. The third-order valence-corrected chi connectivity index (χ3v) is 4.08. The van der Waals surface area contributed by atoms with Crippen LogP contribution in [0.15, 0.2) is 18.5 Å². The van der Waals surface area contributed by atoms with E-state index in [-0.39, 0.29) is 6.04 Å².